The molecule has 0 aromatic heterocycles. The Hall–Kier alpha value is -0.730. The number of fused-ring (bicyclic) bond motifs is 5. The number of hydrogen-bond acceptors (Lipinski definition) is 2. The van der Waals surface area contributed by atoms with Gasteiger partial charge in [-0.15, -0.1) is 0 Å². The Bertz CT molecular complexity index is 530. The summed E-state index contributed by atoms with van der Waals surface area (Å²) < 4.78 is 5.40. The van der Waals surface area contributed by atoms with Gasteiger partial charge in [0, 0.05) is 6.04 Å². The van der Waals surface area contributed by atoms with E-state index in [-0.39, 0.29) is 0 Å². The molecule has 5 unspecified atom stereocenters. The molecule has 0 saturated heterocycles. The standard InChI is InChI=1S/C18H24ClNO/c1-3-20-18(12-6-7-13(19)14(9-12)21-2)17-15-10-4-5-11(8-10)16(15)17/h6-7,9-11,15-18,20H,3-5,8H2,1-2H3. The Kier molecular flexibility index (Phi) is 3.42. The average molecular weight is 306 g/mol. The molecule has 3 saturated carbocycles. The Labute approximate surface area is 132 Å². The molecule has 2 nitrogen and oxygen atoms in total. The summed E-state index contributed by atoms with van der Waals surface area (Å²) in [6, 6.07) is 6.76. The van der Waals surface area contributed by atoms with Crippen LogP contribution in [0.4, 0.5) is 0 Å². The zero-order valence-corrected chi connectivity index (χ0v) is 13.6. The maximum absolute atomic E-state index is 6.18. The lowest BCUT2D eigenvalue weighted by molar-refractivity contribution is 0.372. The third-order valence-electron chi connectivity index (χ3n) is 6.14. The van der Waals surface area contributed by atoms with Crippen LogP contribution in [-0.2, 0) is 0 Å². The molecule has 2 bridgehead atoms. The van der Waals surface area contributed by atoms with E-state index in [1.807, 2.05) is 6.07 Å². The third kappa shape index (κ3) is 2.10. The van der Waals surface area contributed by atoms with E-state index in [0.29, 0.717) is 11.1 Å². The van der Waals surface area contributed by atoms with Crippen molar-refractivity contribution >= 4 is 11.6 Å². The lowest BCUT2D eigenvalue weighted by Crippen LogP contribution is -2.25. The van der Waals surface area contributed by atoms with Crippen molar-refractivity contribution in [1.82, 2.24) is 5.32 Å². The highest BCUT2D eigenvalue weighted by atomic mass is 35.5. The second kappa shape index (κ2) is 5.17. The van der Waals surface area contributed by atoms with Crippen LogP contribution >= 0.6 is 11.6 Å². The van der Waals surface area contributed by atoms with Gasteiger partial charge in [-0.2, -0.15) is 0 Å². The highest BCUT2D eigenvalue weighted by Gasteiger charge is 2.66. The van der Waals surface area contributed by atoms with Gasteiger partial charge in [0.05, 0.1) is 12.1 Å². The number of ether oxygens (including phenoxy) is 1. The van der Waals surface area contributed by atoms with Crippen LogP contribution in [0.2, 0.25) is 5.02 Å². The van der Waals surface area contributed by atoms with Gasteiger partial charge in [0.25, 0.3) is 0 Å². The highest BCUT2D eigenvalue weighted by Crippen LogP contribution is 2.72. The molecule has 0 radical (unpaired) electrons. The second-order valence-electron chi connectivity index (χ2n) is 6.99. The largest absolute Gasteiger partial charge is 0.495 e. The fourth-order valence-corrected chi connectivity index (χ4v) is 5.60. The van der Waals surface area contributed by atoms with E-state index in [4.69, 9.17) is 16.3 Å². The van der Waals surface area contributed by atoms with Crippen LogP contribution in [0.25, 0.3) is 0 Å². The van der Waals surface area contributed by atoms with E-state index in [9.17, 15) is 0 Å². The molecule has 0 amide bonds. The number of methoxy groups -OCH3 is 1. The van der Waals surface area contributed by atoms with Crippen LogP contribution in [0.1, 0.15) is 37.8 Å². The number of halogens is 1. The van der Waals surface area contributed by atoms with Gasteiger partial charge < -0.3 is 10.1 Å². The monoisotopic (exact) mass is 305 g/mol. The van der Waals surface area contributed by atoms with Crippen LogP contribution in [-0.4, -0.2) is 13.7 Å². The van der Waals surface area contributed by atoms with Crippen LogP contribution < -0.4 is 10.1 Å². The summed E-state index contributed by atoms with van der Waals surface area (Å²) in [5, 5.41) is 4.43. The Balaban J connectivity index is 1.61. The molecule has 1 N–H and O–H groups in total. The summed E-state index contributed by atoms with van der Waals surface area (Å²) in [4.78, 5) is 0. The molecule has 3 fully saturated rings. The van der Waals surface area contributed by atoms with Gasteiger partial charge in [0.15, 0.2) is 0 Å². The molecule has 21 heavy (non-hydrogen) atoms. The van der Waals surface area contributed by atoms with Gasteiger partial charge in [-0.1, -0.05) is 24.6 Å². The molecule has 114 valence electrons. The third-order valence-corrected chi connectivity index (χ3v) is 6.45. The molecule has 0 aliphatic heterocycles. The smallest absolute Gasteiger partial charge is 0.137 e. The van der Waals surface area contributed by atoms with Crippen molar-refractivity contribution in [2.24, 2.45) is 29.6 Å². The average Bonchev–Trinajstić information content (AvgIpc) is 2.90. The molecule has 0 spiro atoms. The van der Waals surface area contributed by atoms with Gasteiger partial charge in [-0.3, -0.25) is 0 Å². The van der Waals surface area contributed by atoms with Crippen molar-refractivity contribution in [1.29, 1.82) is 0 Å². The molecule has 1 aromatic rings. The first-order valence-electron chi connectivity index (χ1n) is 8.31. The number of hydrogen-bond donors (Lipinski definition) is 1. The lowest BCUT2D eigenvalue weighted by Gasteiger charge is -2.22. The van der Waals surface area contributed by atoms with Gasteiger partial charge in [-0.05, 0) is 73.1 Å². The fourth-order valence-electron chi connectivity index (χ4n) is 5.40. The van der Waals surface area contributed by atoms with Crippen molar-refractivity contribution in [3.8, 4) is 5.75 Å². The summed E-state index contributed by atoms with van der Waals surface area (Å²) in [5.41, 5.74) is 1.34. The van der Waals surface area contributed by atoms with Gasteiger partial charge >= 0.3 is 0 Å². The van der Waals surface area contributed by atoms with E-state index in [1.165, 1.54) is 24.8 Å². The summed E-state index contributed by atoms with van der Waals surface area (Å²) in [5.74, 6) is 5.62. The van der Waals surface area contributed by atoms with Crippen LogP contribution in [0.15, 0.2) is 18.2 Å². The lowest BCUT2D eigenvalue weighted by atomic mass is 9.93. The number of rotatable bonds is 5. The van der Waals surface area contributed by atoms with Crippen molar-refractivity contribution < 1.29 is 4.74 Å². The molecule has 5 atom stereocenters. The molecule has 3 aliphatic rings. The minimum absolute atomic E-state index is 0.472. The molecule has 3 heteroatoms. The Morgan fingerprint density at radius 2 is 2.00 bits per heavy atom. The zero-order valence-electron chi connectivity index (χ0n) is 12.8. The maximum Gasteiger partial charge on any atom is 0.137 e. The van der Waals surface area contributed by atoms with Gasteiger partial charge in [-0.25, -0.2) is 0 Å². The van der Waals surface area contributed by atoms with Gasteiger partial charge in [0.2, 0.25) is 0 Å². The first-order valence-corrected chi connectivity index (χ1v) is 8.69. The molecular formula is C18H24ClNO. The van der Waals surface area contributed by atoms with Crippen LogP contribution in [0.3, 0.4) is 0 Å². The minimum atomic E-state index is 0.472. The summed E-state index contributed by atoms with van der Waals surface area (Å²) in [6.45, 7) is 3.22. The van der Waals surface area contributed by atoms with E-state index in [1.54, 1.807) is 7.11 Å². The number of nitrogens with one attached hydrogen (secondary N) is 1. The maximum atomic E-state index is 6.18. The van der Waals surface area contributed by atoms with E-state index < -0.39 is 0 Å². The van der Waals surface area contributed by atoms with Crippen molar-refractivity contribution in [3.63, 3.8) is 0 Å². The molecule has 0 heterocycles. The van der Waals surface area contributed by atoms with E-state index in [2.05, 4.69) is 24.4 Å². The predicted octanol–water partition coefficient (Wildman–Crippen LogP) is 4.29. The SMILES string of the molecule is CCNC(c1ccc(Cl)c(OC)c1)C1C2C3CCC(C3)C21. The van der Waals surface area contributed by atoms with E-state index >= 15 is 0 Å². The van der Waals surface area contributed by atoms with Crippen LogP contribution in [0, 0.1) is 29.6 Å². The summed E-state index contributed by atoms with van der Waals surface area (Å²) in [7, 11) is 1.69. The van der Waals surface area contributed by atoms with Crippen molar-refractivity contribution in [3.05, 3.63) is 28.8 Å². The van der Waals surface area contributed by atoms with Crippen molar-refractivity contribution in [2.45, 2.75) is 32.2 Å². The molecule has 4 rings (SSSR count). The fraction of sp³-hybridized carbons (Fsp3) is 0.667. The number of benzene rings is 1. The summed E-state index contributed by atoms with van der Waals surface area (Å²) >= 11 is 6.18. The summed E-state index contributed by atoms with van der Waals surface area (Å²) in [6.07, 6.45) is 4.46. The zero-order chi connectivity index (χ0) is 14.6. The van der Waals surface area contributed by atoms with Crippen LogP contribution in [0.5, 0.6) is 5.75 Å². The topological polar surface area (TPSA) is 21.3 Å². The molecular weight excluding hydrogens is 282 g/mol. The minimum Gasteiger partial charge on any atom is -0.495 e. The normalized spacial score (nSPS) is 37.4. The molecule has 3 aliphatic carbocycles. The predicted molar refractivity (Wildman–Crippen MR) is 85.7 cm³/mol. The molecule has 1 aromatic carbocycles. The Morgan fingerprint density at radius 1 is 1.29 bits per heavy atom. The first-order chi connectivity index (χ1) is 10.2. The van der Waals surface area contributed by atoms with Gasteiger partial charge in [0.1, 0.15) is 5.75 Å². The second-order valence-corrected chi connectivity index (χ2v) is 7.40. The van der Waals surface area contributed by atoms with Crippen molar-refractivity contribution in [2.75, 3.05) is 13.7 Å². The van der Waals surface area contributed by atoms with E-state index in [0.717, 1.165) is 41.9 Å². The first kappa shape index (κ1) is 13.9. The highest BCUT2D eigenvalue weighted by molar-refractivity contribution is 6.32. The Morgan fingerprint density at radius 3 is 2.62 bits per heavy atom. The quantitative estimate of drug-likeness (QED) is 0.876.